The fourth-order valence-electron chi connectivity index (χ4n) is 2.91. The molecule has 2 aromatic rings. The molecule has 0 unspecified atom stereocenters. The van der Waals surface area contributed by atoms with Crippen LogP contribution in [0.15, 0.2) is 56.5 Å². The van der Waals surface area contributed by atoms with Crippen LogP contribution >= 0.6 is 15.9 Å². The molecule has 1 heterocycles. The van der Waals surface area contributed by atoms with E-state index in [4.69, 9.17) is 4.42 Å². The van der Waals surface area contributed by atoms with Crippen molar-refractivity contribution < 1.29 is 9.21 Å². The summed E-state index contributed by atoms with van der Waals surface area (Å²) in [6, 6.07) is 11.7. The SMILES string of the molecule is CN=C(NCCNC(=O)c1ccco1)NCC1(c2ccccc2Br)CC1. The fourth-order valence-corrected chi connectivity index (χ4v) is 3.61. The minimum Gasteiger partial charge on any atom is -0.459 e. The summed E-state index contributed by atoms with van der Waals surface area (Å²) in [4.78, 5) is 16.0. The summed E-state index contributed by atoms with van der Waals surface area (Å²) in [6.07, 6.45) is 3.81. The van der Waals surface area contributed by atoms with E-state index in [0.717, 1.165) is 17.0 Å². The first-order valence-electron chi connectivity index (χ1n) is 8.66. The normalized spacial score (nSPS) is 15.4. The maximum Gasteiger partial charge on any atom is 0.287 e. The van der Waals surface area contributed by atoms with Crippen LogP contribution in [0, 0.1) is 0 Å². The lowest BCUT2D eigenvalue weighted by Crippen LogP contribution is -2.44. The molecular formula is C19H23BrN4O2. The van der Waals surface area contributed by atoms with E-state index >= 15 is 0 Å². The van der Waals surface area contributed by atoms with Crippen LogP contribution in [-0.2, 0) is 5.41 Å². The average Bonchev–Trinajstić information content (AvgIpc) is 3.23. The summed E-state index contributed by atoms with van der Waals surface area (Å²) in [6.45, 7) is 1.89. The van der Waals surface area contributed by atoms with Crippen LogP contribution in [-0.4, -0.2) is 38.5 Å². The number of hydrogen-bond donors (Lipinski definition) is 3. The largest absolute Gasteiger partial charge is 0.459 e. The van der Waals surface area contributed by atoms with Crippen molar-refractivity contribution in [3.05, 3.63) is 58.5 Å². The molecule has 3 rings (SSSR count). The van der Waals surface area contributed by atoms with Crippen molar-refractivity contribution in [1.82, 2.24) is 16.0 Å². The molecule has 26 heavy (non-hydrogen) atoms. The smallest absolute Gasteiger partial charge is 0.287 e. The molecule has 0 atom stereocenters. The summed E-state index contributed by atoms with van der Waals surface area (Å²) in [5, 5.41) is 9.42. The molecule has 138 valence electrons. The second-order valence-corrected chi connectivity index (χ2v) is 7.20. The number of furan rings is 1. The monoisotopic (exact) mass is 418 g/mol. The Morgan fingerprint density at radius 3 is 2.58 bits per heavy atom. The van der Waals surface area contributed by atoms with Gasteiger partial charge in [-0.3, -0.25) is 9.79 Å². The topological polar surface area (TPSA) is 78.7 Å². The Hall–Kier alpha value is -2.28. The number of guanidine groups is 1. The lowest BCUT2D eigenvalue weighted by atomic mass is 9.96. The van der Waals surface area contributed by atoms with Crippen LogP contribution < -0.4 is 16.0 Å². The van der Waals surface area contributed by atoms with Crippen LogP contribution in [0.2, 0.25) is 0 Å². The Morgan fingerprint density at radius 2 is 1.92 bits per heavy atom. The molecule has 1 aromatic heterocycles. The summed E-state index contributed by atoms with van der Waals surface area (Å²) in [7, 11) is 1.74. The number of halogens is 1. The summed E-state index contributed by atoms with van der Waals surface area (Å²) in [5.74, 6) is 0.831. The van der Waals surface area contributed by atoms with Gasteiger partial charge in [-0.2, -0.15) is 0 Å². The number of nitrogens with one attached hydrogen (secondary N) is 3. The van der Waals surface area contributed by atoms with Crippen molar-refractivity contribution in [1.29, 1.82) is 0 Å². The number of rotatable bonds is 7. The van der Waals surface area contributed by atoms with Crippen molar-refractivity contribution in [3.63, 3.8) is 0 Å². The first kappa shape index (κ1) is 18.5. The zero-order valence-electron chi connectivity index (χ0n) is 14.7. The minimum absolute atomic E-state index is 0.172. The number of hydrogen-bond acceptors (Lipinski definition) is 3. The molecule has 6 nitrogen and oxygen atoms in total. The van der Waals surface area contributed by atoms with Crippen molar-refractivity contribution in [2.45, 2.75) is 18.3 Å². The predicted octanol–water partition coefficient (Wildman–Crippen LogP) is 2.67. The van der Waals surface area contributed by atoms with Crippen molar-refractivity contribution in [3.8, 4) is 0 Å². The number of nitrogens with zero attached hydrogens (tertiary/aromatic N) is 1. The Labute approximate surface area is 161 Å². The van der Waals surface area contributed by atoms with Gasteiger partial charge in [-0.15, -0.1) is 0 Å². The first-order chi connectivity index (χ1) is 12.6. The molecule has 3 N–H and O–H groups in total. The highest BCUT2D eigenvalue weighted by molar-refractivity contribution is 9.10. The van der Waals surface area contributed by atoms with Gasteiger partial charge in [-0.1, -0.05) is 34.1 Å². The van der Waals surface area contributed by atoms with Crippen molar-refractivity contribution in [2.75, 3.05) is 26.7 Å². The molecule has 1 aliphatic carbocycles. The van der Waals surface area contributed by atoms with Gasteiger partial charge in [0.2, 0.25) is 0 Å². The van der Waals surface area contributed by atoms with Crippen LogP contribution in [0.3, 0.4) is 0 Å². The van der Waals surface area contributed by atoms with Crippen LogP contribution in [0.4, 0.5) is 0 Å². The molecule has 0 spiro atoms. The van der Waals surface area contributed by atoms with E-state index in [1.807, 2.05) is 6.07 Å². The highest BCUT2D eigenvalue weighted by Crippen LogP contribution is 2.49. The lowest BCUT2D eigenvalue weighted by Gasteiger charge is -2.20. The van der Waals surface area contributed by atoms with Gasteiger partial charge in [0.1, 0.15) is 0 Å². The zero-order chi connectivity index (χ0) is 18.4. The Balaban J connectivity index is 1.43. The predicted molar refractivity (Wildman–Crippen MR) is 105 cm³/mol. The number of carbonyl (C=O) groups is 1. The van der Waals surface area contributed by atoms with Gasteiger partial charge >= 0.3 is 0 Å². The Kier molecular flexibility index (Phi) is 5.98. The van der Waals surface area contributed by atoms with Gasteiger partial charge in [-0.05, 0) is 36.6 Å². The molecule has 1 aromatic carbocycles. The van der Waals surface area contributed by atoms with Gasteiger partial charge in [0, 0.05) is 36.6 Å². The Morgan fingerprint density at radius 1 is 1.15 bits per heavy atom. The standard InChI is InChI=1S/C19H23BrN4O2/c1-21-18(23-11-10-22-17(25)16-7-4-12-26-16)24-13-19(8-9-19)14-5-2-3-6-15(14)20/h2-7,12H,8-11,13H2,1H3,(H,22,25)(H2,21,23,24). The van der Waals surface area contributed by atoms with E-state index in [9.17, 15) is 4.79 Å². The summed E-state index contributed by atoms with van der Waals surface area (Å²) in [5.41, 5.74) is 1.51. The van der Waals surface area contributed by atoms with E-state index in [0.29, 0.717) is 18.8 Å². The number of carbonyl (C=O) groups excluding carboxylic acids is 1. The van der Waals surface area contributed by atoms with Gasteiger partial charge in [0.15, 0.2) is 11.7 Å². The van der Waals surface area contributed by atoms with Gasteiger partial charge < -0.3 is 20.4 Å². The third-order valence-electron chi connectivity index (χ3n) is 4.56. The quantitative estimate of drug-likeness (QED) is 0.366. The number of benzene rings is 1. The molecule has 0 radical (unpaired) electrons. The molecule has 1 aliphatic rings. The Bertz CT molecular complexity index is 770. The van der Waals surface area contributed by atoms with Gasteiger partial charge in [0.05, 0.1) is 6.26 Å². The number of aliphatic imine (C=N–C) groups is 1. The van der Waals surface area contributed by atoms with E-state index in [-0.39, 0.29) is 11.3 Å². The van der Waals surface area contributed by atoms with Gasteiger partial charge in [0.25, 0.3) is 5.91 Å². The zero-order valence-corrected chi connectivity index (χ0v) is 16.3. The third kappa shape index (κ3) is 4.46. The molecule has 0 bridgehead atoms. The highest BCUT2D eigenvalue weighted by atomic mass is 79.9. The minimum atomic E-state index is -0.217. The van der Waals surface area contributed by atoms with Gasteiger partial charge in [-0.25, -0.2) is 0 Å². The first-order valence-corrected chi connectivity index (χ1v) is 9.45. The van der Waals surface area contributed by atoms with E-state index in [2.05, 4.69) is 55.1 Å². The van der Waals surface area contributed by atoms with Crippen LogP contribution in [0.25, 0.3) is 0 Å². The second kappa shape index (κ2) is 8.40. The number of amides is 1. The highest BCUT2D eigenvalue weighted by Gasteiger charge is 2.45. The van der Waals surface area contributed by atoms with Crippen molar-refractivity contribution >= 4 is 27.8 Å². The summed E-state index contributed by atoms with van der Waals surface area (Å²) >= 11 is 3.66. The van der Waals surface area contributed by atoms with Crippen molar-refractivity contribution in [2.24, 2.45) is 4.99 Å². The van der Waals surface area contributed by atoms with E-state index in [1.165, 1.54) is 24.7 Å². The maximum atomic E-state index is 11.8. The maximum absolute atomic E-state index is 11.8. The molecule has 1 fully saturated rings. The average molecular weight is 419 g/mol. The lowest BCUT2D eigenvalue weighted by molar-refractivity contribution is 0.0926. The third-order valence-corrected chi connectivity index (χ3v) is 5.26. The molecule has 1 saturated carbocycles. The molecule has 7 heteroatoms. The van der Waals surface area contributed by atoms with E-state index in [1.54, 1.807) is 19.2 Å². The molecule has 1 amide bonds. The van der Waals surface area contributed by atoms with E-state index < -0.39 is 0 Å². The molecular weight excluding hydrogens is 396 g/mol. The summed E-state index contributed by atoms with van der Waals surface area (Å²) < 4.78 is 6.21. The van der Waals surface area contributed by atoms with Crippen LogP contribution in [0.5, 0.6) is 0 Å². The van der Waals surface area contributed by atoms with Crippen LogP contribution in [0.1, 0.15) is 29.0 Å². The molecule has 0 saturated heterocycles. The fraction of sp³-hybridized carbons (Fsp3) is 0.368. The molecule has 0 aliphatic heterocycles. The second-order valence-electron chi connectivity index (χ2n) is 6.35.